The molecule has 0 aromatic carbocycles. The van der Waals surface area contributed by atoms with E-state index in [1.807, 2.05) is 0 Å². The van der Waals surface area contributed by atoms with E-state index in [1.54, 1.807) is 0 Å². The Balaban J connectivity index is 2.88. The largest absolute Gasteiger partial charge is 0.390 e. The van der Waals surface area contributed by atoms with Crippen molar-refractivity contribution >= 4 is 11.6 Å². The van der Waals surface area contributed by atoms with Crippen molar-refractivity contribution in [3.8, 4) is 5.88 Å². The maximum absolute atomic E-state index is 5.40. The molecule has 0 bridgehead atoms. The molecule has 1 aromatic rings. The monoisotopic (exact) mass is 145 g/mol. The lowest BCUT2D eigenvalue weighted by Crippen LogP contribution is -2.03. The van der Waals surface area contributed by atoms with Gasteiger partial charge in [0.25, 0.3) is 5.88 Å². The quantitative estimate of drug-likeness (QED) is 0.581. The van der Waals surface area contributed by atoms with Crippen LogP contribution in [0, 0.1) is 0 Å². The van der Waals surface area contributed by atoms with Crippen LogP contribution in [0.3, 0.4) is 0 Å². The second-order valence-corrected chi connectivity index (χ2v) is 1.70. The Kier molecular flexibility index (Phi) is 1.81. The maximum Gasteiger partial charge on any atom is 0.256 e. The van der Waals surface area contributed by atoms with E-state index in [0.29, 0.717) is 5.15 Å². The Morgan fingerprint density at radius 1 is 1.44 bits per heavy atom. The van der Waals surface area contributed by atoms with Gasteiger partial charge in [-0.2, -0.15) is 5.90 Å². The summed E-state index contributed by atoms with van der Waals surface area (Å²) in [6, 6.07) is 3.06. The third-order valence-corrected chi connectivity index (χ3v) is 0.930. The average molecular weight is 146 g/mol. The van der Waals surface area contributed by atoms with Gasteiger partial charge in [-0.25, -0.2) is 0 Å². The summed E-state index contributed by atoms with van der Waals surface area (Å²) >= 11 is 5.40. The van der Waals surface area contributed by atoms with Crippen LogP contribution in [0.2, 0.25) is 5.15 Å². The van der Waals surface area contributed by atoms with Crippen LogP contribution < -0.4 is 10.7 Å². The Hall–Kier alpha value is -0.870. The molecule has 9 heavy (non-hydrogen) atoms. The van der Waals surface area contributed by atoms with Crippen LogP contribution in [0.5, 0.6) is 5.88 Å². The van der Waals surface area contributed by atoms with E-state index in [9.17, 15) is 0 Å². The van der Waals surface area contributed by atoms with Crippen molar-refractivity contribution in [3.63, 3.8) is 0 Å². The van der Waals surface area contributed by atoms with Crippen LogP contribution in [0.25, 0.3) is 0 Å². The molecule has 1 rings (SSSR count). The van der Waals surface area contributed by atoms with Gasteiger partial charge in [-0.3, -0.25) is 0 Å². The average Bonchev–Trinajstić information content (AvgIpc) is 1.90. The van der Waals surface area contributed by atoms with Gasteiger partial charge in [0.1, 0.15) is 0 Å². The highest BCUT2D eigenvalue weighted by Crippen LogP contribution is 2.05. The number of aromatic nitrogens is 2. The van der Waals surface area contributed by atoms with E-state index in [1.165, 1.54) is 12.1 Å². The van der Waals surface area contributed by atoms with Gasteiger partial charge in [-0.1, -0.05) is 11.6 Å². The normalized spacial score (nSPS) is 9.11. The molecule has 0 saturated carbocycles. The summed E-state index contributed by atoms with van der Waals surface area (Å²) in [6.45, 7) is 0. The van der Waals surface area contributed by atoms with Gasteiger partial charge in [0, 0.05) is 6.07 Å². The van der Waals surface area contributed by atoms with E-state index in [0.717, 1.165) is 0 Å². The lowest BCUT2D eigenvalue weighted by molar-refractivity contribution is 0.316. The molecule has 0 fully saturated rings. The second-order valence-electron chi connectivity index (χ2n) is 1.31. The second kappa shape index (κ2) is 2.61. The summed E-state index contributed by atoms with van der Waals surface area (Å²) in [5.41, 5.74) is 0. The number of hydrogen-bond donors (Lipinski definition) is 1. The highest BCUT2D eigenvalue weighted by Gasteiger charge is 1.91. The van der Waals surface area contributed by atoms with Crippen molar-refractivity contribution in [2.45, 2.75) is 0 Å². The Morgan fingerprint density at radius 2 is 2.22 bits per heavy atom. The minimum atomic E-state index is 0.249. The van der Waals surface area contributed by atoms with Crippen molar-refractivity contribution in [2.75, 3.05) is 0 Å². The molecule has 1 heterocycles. The minimum absolute atomic E-state index is 0.249. The van der Waals surface area contributed by atoms with Gasteiger partial charge in [-0.05, 0) is 6.07 Å². The topological polar surface area (TPSA) is 61.0 Å². The first-order chi connectivity index (χ1) is 4.33. The summed E-state index contributed by atoms with van der Waals surface area (Å²) in [6.07, 6.45) is 0. The highest BCUT2D eigenvalue weighted by molar-refractivity contribution is 6.29. The number of rotatable bonds is 1. The zero-order valence-electron chi connectivity index (χ0n) is 4.41. The fourth-order valence-corrected chi connectivity index (χ4v) is 0.467. The molecule has 0 aliphatic heterocycles. The minimum Gasteiger partial charge on any atom is -0.390 e. The zero-order chi connectivity index (χ0) is 6.69. The molecule has 5 heteroatoms. The molecular weight excluding hydrogens is 142 g/mol. The lowest BCUT2D eigenvalue weighted by Gasteiger charge is -1.92. The van der Waals surface area contributed by atoms with Crippen molar-refractivity contribution in [3.05, 3.63) is 17.3 Å². The molecule has 2 N–H and O–H groups in total. The predicted octanol–water partition coefficient (Wildman–Crippen LogP) is 0.383. The molecule has 1 aromatic heterocycles. The first-order valence-electron chi connectivity index (χ1n) is 2.19. The van der Waals surface area contributed by atoms with Gasteiger partial charge >= 0.3 is 0 Å². The maximum atomic E-state index is 5.40. The van der Waals surface area contributed by atoms with Crippen LogP contribution in [0.1, 0.15) is 0 Å². The molecule has 0 aliphatic carbocycles. The number of nitrogens with two attached hydrogens (primary N) is 1. The zero-order valence-corrected chi connectivity index (χ0v) is 5.17. The third kappa shape index (κ3) is 1.51. The number of hydrogen-bond acceptors (Lipinski definition) is 4. The Morgan fingerprint density at radius 3 is 2.67 bits per heavy atom. The molecule has 0 saturated heterocycles. The number of halogens is 1. The van der Waals surface area contributed by atoms with Crippen LogP contribution in [-0.4, -0.2) is 10.2 Å². The molecule has 0 atom stereocenters. The van der Waals surface area contributed by atoms with E-state index in [4.69, 9.17) is 17.5 Å². The molecule has 0 spiro atoms. The lowest BCUT2D eigenvalue weighted by atomic mass is 10.6. The van der Waals surface area contributed by atoms with Crippen LogP contribution in [-0.2, 0) is 0 Å². The summed E-state index contributed by atoms with van der Waals surface area (Å²) < 4.78 is 0. The van der Waals surface area contributed by atoms with Crippen LogP contribution in [0.15, 0.2) is 12.1 Å². The van der Waals surface area contributed by atoms with Crippen molar-refractivity contribution in [1.82, 2.24) is 10.2 Å². The standard InChI is InChI=1S/C4H4ClN3O/c5-3-1-2-4(9-6)8-7-3/h1-2H,6H2. The van der Waals surface area contributed by atoms with Crippen molar-refractivity contribution < 1.29 is 4.84 Å². The smallest absolute Gasteiger partial charge is 0.256 e. The summed E-state index contributed by atoms with van der Waals surface area (Å²) in [5, 5.41) is 7.24. The predicted molar refractivity (Wildman–Crippen MR) is 31.9 cm³/mol. The third-order valence-electron chi connectivity index (χ3n) is 0.728. The van der Waals surface area contributed by atoms with Crippen molar-refractivity contribution in [2.24, 2.45) is 5.90 Å². The van der Waals surface area contributed by atoms with Gasteiger partial charge in [0.15, 0.2) is 5.15 Å². The fraction of sp³-hybridized carbons (Fsp3) is 0. The highest BCUT2D eigenvalue weighted by atomic mass is 35.5. The molecule has 0 aliphatic rings. The Bertz CT molecular complexity index is 188. The van der Waals surface area contributed by atoms with Crippen LogP contribution in [0.4, 0.5) is 0 Å². The molecule has 4 nitrogen and oxygen atoms in total. The first kappa shape index (κ1) is 6.25. The van der Waals surface area contributed by atoms with E-state index in [-0.39, 0.29) is 5.88 Å². The number of nitrogens with zero attached hydrogens (tertiary/aromatic N) is 2. The Labute approximate surface area is 56.5 Å². The van der Waals surface area contributed by atoms with Gasteiger partial charge in [-0.15, -0.1) is 10.2 Å². The summed E-state index contributed by atoms with van der Waals surface area (Å²) in [7, 11) is 0. The fourth-order valence-electron chi connectivity index (χ4n) is 0.367. The first-order valence-corrected chi connectivity index (χ1v) is 2.56. The summed E-state index contributed by atoms with van der Waals surface area (Å²) in [4.78, 5) is 4.24. The van der Waals surface area contributed by atoms with E-state index >= 15 is 0 Å². The SMILES string of the molecule is NOc1ccc(Cl)nn1. The van der Waals surface area contributed by atoms with Crippen molar-refractivity contribution in [1.29, 1.82) is 0 Å². The van der Waals surface area contributed by atoms with Crippen LogP contribution >= 0.6 is 11.6 Å². The summed E-state index contributed by atoms with van der Waals surface area (Å²) in [5.74, 6) is 5.00. The molecule has 0 unspecified atom stereocenters. The molecule has 0 amide bonds. The molecule has 48 valence electrons. The molecule has 0 radical (unpaired) electrons. The van der Waals surface area contributed by atoms with E-state index < -0.39 is 0 Å². The van der Waals surface area contributed by atoms with Gasteiger partial charge in [0.2, 0.25) is 0 Å². The van der Waals surface area contributed by atoms with Gasteiger partial charge in [0.05, 0.1) is 0 Å². The van der Waals surface area contributed by atoms with E-state index in [2.05, 4.69) is 15.0 Å². The molecular formula is C4H4ClN3O. The van der Waals surface area contributed by atoms with Gasteiger partial charge < -0.3 is 4.84 Å².